The van der Waals surface area contributed by atoms with E-state index in [9.17, 15) is 4.79 Å². The summed E-state index contributed by atoms with van der Waals surface area (Å²) in [5, 5.41) is 3.42. The first kappa shape index (κ1) is 13.7. The van der Waals surface area contributed by atoms with Crippen LogP contribution in [0.3, 0.4) is 0 Å². The van der Waals surface area contributed by atoms with E-state index >= 15 is 0 Å². The van der Waals surface area contributed by atoms with Gasteiger partial charge in [-0.05, 0) is 30.9 Å². The summed E-state index contributed by atoms with van der Waals surface area (Å²) in [6.07, 6.45) is 1.12. The average molecular weight is 234 g/mol. The first-order chi connectivity index (χ1) is 8.00. The first-order valence-electron chi connectivity index (χ1n) is 6.11. The van der Waals surface area contributed by atoms with E-state index in [2.05, 4.69) is 26.1 Å². The van der Waals surface area contributed by atoms with Crippen molar-refractivity contribution >= 4 is 5.91 Å². The van der Waals surface area contributed by atoms with Crippen molar-refractivity contribution in [1.82, 2.24) is 5.32 Å². The minimum Gasteiger partial charge on any atom is -0.366 e. The van der Waals surface area contributed by atoms with Crippen LogP contribution in [0.4, 0.5) is 0 Å². The van der Waals surface area contributed by atoms with Crippen LogP contribution in [-0.2, 0) is 6.54 Å². The van der Waals surface area contributed by atoms with E-state index in [4.69, 9.17) is 5.73 Å². The monoisotopic (exact) mass is 234 g/mol. The summed E-state index contributed by atoms with van der Waals surface area (Å²) in [4.78, 5) is 11.2. The van der Waals surface area contributed by atoms with Gasteiger partial charge >= 0.3 is 0 Å². The Balaban J connectivity index is 2.60. The molecule has 1 aromatic carbocycles. The highest BCUT2D eigenvalue weighted by Gasteiger charge is 2.09. The number of carbonyl (C=O) groups excluding carboxylic acids is 1. The van der Waals surface area contributed by atoms with Crippen LogP contribution in [0.1, 0.15) is 43.1 Å². The molecule has 1 atom stereocenters. The second-order valence-electron chi connectivity index (χ2n) is 4.93. The molecule has 0 aliphatic carbocycles. The fourth-order valence-corrected chi connectivity index (χ4v) is 1.99. The molecule has 0 radical (unpaired) electrons. The molecule has 1 amide bonds. The van der Waals surface area contributed by atoms with Crippen molar-refractivity contribution in [2.24, 2.45) is 11.7 Å². The third-order valence-electron chi connectivity index (χ3n) is 2.75. The molecule has 3 N–H and O–H groups in total. The van der Waals surface area contributed by atoms with Crippen molar-refractivity contribution in [1.29, 1.82) is 0 Å². The average Bonchev–Trinajstić information content (AvgIpc) is 2.25. The summed E-state index contributed by atoms with van der Waals surface area (Å²) in [7, 11) is 0. The smallest absolute Gasteiger partial charge is 0.249 e. The molecule has 0 aliphatic heterocycles. The highest BCUT2D eigenvalue weighted by molar-refractivity contribution is 5.94. The SMILES string of the molecule is CC(C)CC(C)NCc1ccccc1C(N)=O. The Morgan fingerprint density at radius 1 is 1.29 bits per heavy atom. The number of benzene rings is 1. The number of primary amides is 1. The van der Waals surface area contributed by atoms with Gasteiger partial charge in [-0.3, -0.25) is 4.79 Å². The van der Waals surface area contributed by atoms with E-state index in [-0.39, 0.29) is 5.91 Å². The Morgan fingerprint density at radius 3 is 2.53 bits per heavy atom. The van der Waals surface area contributed by atoms with Gasteiger partial charge in [0.05, 0.1) is 0 Å². The predicted octanol–water partition coefficient (Wildman–Crippen LogP) is 2.31. The van der Waals surface area contributed by atoms with E-state index < -0.39 is 0 Å². The Bertz CT molecular complexity index is 374. The highest BCUT2D eigenvalue weighted by atomic mass is 16.1. The van der Waals surface area contributed by atoms with Crippen molar-refractivity contribution in [2.75, 3.05) is 0 Å². The largest absolute Gasteiger partial charge is 0.366 e. The molecular weight excluding hydrogens is 212 g/mol. The lowest BCUT2D eigenvalue weighted by atomic mass is 10.0. The summed E-state index contributed by atoms with van der Waals surface area (Å²) >= 11 is 0. The molecule has 1 aromatic rings. The van der Waals surface area contributed by atoms with E-state index in [1.54, 1.807) is 6.07 Å². The third-order valence-corrected chi connectivity index (χ3v) is 2.75. The lowest BCUT2D eigenvalue weighted by molar-refractivity contribution is 0.0999. The zero-order chi connectivity index (χ0) is 12.8. The van der Waals surface area contributed by atoms with Gasteiger partial charge in [-0.15, -0.1) is 0 Å². The molecule has 0 saturated heterocycles. The van der Waals surface area contributed by atoms with Crippen molar-refractivity contribution in [3.63, 3.8) is 0 Å². The summed E-state index contributed by atoms with van der Waals surface area (Å²) in [5.41, 5.74) is 6.91. The van der Waals surface area contributed by atoms with Gasteiger partial charge in [-0.1, -0.05) is 32.0 Å². The van der Waals surface area contributed by atoms with Crippen LogP contribution in [0, 0.1) is 5.92 Å². The highest BCUT2D eigenvalue weighted by Crippen LogP contribution is 2.09. The molecule has 3 heteroatoms. The second kappa shape index (κ2) is 6.40. The number of rotatable bonds is 6. The van der Waals surface area contributed by atoms with Gasteiger partial charge in [-0.25, -0.2) is 0 Å². The van der Waals surface area contributed by atoms with Crippen molar-refractivity contribution in [3.05, 3.63) is 35.4 Å². The minimum absolute atomic E-state index is 0.362. The van der Waals surface area contributed by atoms with Gasteiger partial charge in [0.25, 0.3) is 0 Å². The molecule has 0 aromatic heterocycles. The number of amides is 1. The van der Waals surface area contributed by atoms with Crippen LogP contribution in [0.2, 0.25) is 0 Å². The van der Waals surface area contributed by atoms with Crippen molar-refractivity contribution in [3.8, 4) is 0 Å². The quantitative estimate of drug-likeness (QED) is 0.793. The normalized spacial score (nSPS) is 12.7. The number of nitrogens with two attached hydrogens (primary N) is 1. The van der Waals surface area contributed by atoms with E-state index in [1.807, 2.05) is 18.2 Å². The van der Waals surface area contributed by atoms with Crippen LogP contribution >= 0.6 is 0 Å². The molecule has 0 heterocycles. The Morgan fingerprint density at radius 2 is 1.94 bits per heavy atom. The Hall–Kier alpha value is -1.35. The van der Waals surface area contributed by atoms with Gasteiger partial charge in [-0.2, -0.15) is 0 Å². The van der Waals surface area contributed by atoms with Crippen LogP contribution in [0.5, 0.6) is 0 Å². The molecule has 0 spiro atoms. The molecule has 0 saturated carbocycles. The van der Waals surface area contributed by atoms with Gasteiger partial charge < -0.3 is 11.1 Å². The molecule has 0 bridgehead atoms. The van der Waals surface area contributed by atoms with Crippen LogP contribution in [-0.4, -0.2) is 11.9 Å². The number of carbonyl (C=O) groups is 1. The zero-order valence-corrected chi connectivity index (χ0v) is 10.9. The summed E-state index contributed by atoms with van der Waals surface area (Å²) in [6, 6.07) is 7.91. The summed E-state index contributed by atoms with van der Waals surface area (Å²) in [5.74, 6) is 0.308. The number of hydrogen-bond donors (Lipinski definition) is 2. The molecule has 17 heavy (non-hydrogen) atoms. The van der Waals surface area contributed by atoms with Gasteiger partial charge in [0, 0.05) is 18.2 Å². The van der Waals surface area contributed by atoms with Gasteiger partial charge in [0.1, 0.15) is 0 Å². The maximum atomic E-state index is 11.2. The van der Waals surface area contributed by atoms with Crippen LogP contribution < -0.4 is 11.1 Å². The fourth-order valence-electron chi connectivity index (χ4n) is 1.99. The minimum atomic E-state index is -0.362. The standard InChI is InChI=1S/C14H22N2O/c1-10(2)8-11(3)16-9-12-6-4-5-7-13(12)14(15)17/h4-7,10-11,16H,8-9H2,1-3H3,(H2,15,17). The third kappa shape index (κ3) is 4.57. The molecule has 0 aliphatic rings. The fraction of sp³-hybridized carbons (Fsp3) is 0.500. The first-order valence-corrected chi connectivity index (χ1v) is 6.11. The van der Waals surface area contributed by atoms with E-state index in [0.717, 1.165) is 12.0 Å². The maximum Gasteiger partial charge on any atom is 0.249 e. The van der Waals surface area contributed by atoms with E-state index in [0.29, 0.717) is 24.1 Å². The van der Waals surface area contributed by atoms with Crippen molar-refractivity contribution in [2.45, 2.75) is 39.8 Å². The summed E-state index contributed by atoms with van der Waals surface area (Å²) < 4.78 is 0. The summed E-state index contributed by atoms with van der Waals surface area (Å²) in [6.45, 7) is 7.25. The predicted molar refractivity (Wildman–Crippen MR) is 70.7 cm³/mol. The van der Waals surface area contributed by atoms with Gasteiger partial charge in [0.15, 0.2) is 0 Å². The Labute approximate surface area is 103 Å². The molecule has 94 valence electrons. The van der Waals surface area contributed by atoms with Crippen LogP contribution in [0.15, 0.2) is 24.3 Å². The molecule has 3 nitrogen and oxygen atoms in total. The lowest BCUT2D eigenvalue weighted by Gasteiger charge is -2.16. The number of nitrogens with one attached hydrogen (secondary N) is 1. The molecule has 1 rings (SSSR count). The number of hydrogen-bond acceptors (Lipinski definition) is 2. The van der Waals surface area contributed by atoms with E-state index in [1.165, 1.54) is 0 Å². The topological polar surface area (TPSA) is 55.1 Å². The Kier molecular flexibility index (Phi) is 5.16. The molecule has 0 fully saturated rings. The zero-order valence-electron chi connectivity index (χ0n) is 10.9. The second-order valence-corrected chi connectivity index (χ2v) is 4.93. The lowest BCUT2D eigenvalue weighted by Crippen LogP contribution is -2.28. The molecular formula is C14H22N2O. The van der Waals surface area contributed by atoms with Crippen molar-refractivity contribution < 1.29 is 4.79 Å². The van der Waals surface area contributed by atoms with Gasteiger partial charge in [0.2, 0.25) is 5.91 Å². The molecule has 1 unspecified atom stereocenters. The van der Waals surface area contributed by atoms with Crippen LogP contribution in [0.25, 0.3) is 0 Å². The maximum absolute atomic E-state index is 11.2.